The zero-order chi connectivity index (χ0) is 10.7. The van der Waals surface area contributed by atoms with Crippen molar-refractivity contribution in [1.29, 1.82) is 0 Å². The van der Waals surface area contributed by atoms with E-state index in [2.05, 4.69) is 6.92 Å². The van der Waals surface area contributed by atoms with Crippen molar-refractivity contribution in [2.45, 2.75) is 44.9 Å². The molecule has 0 heterocycles. The maximum Gasteiger partial charge on any atom is 0.123 e. The van der Waals surface area contributed by atoms with Gasteiger partial charge in [-0.05, 0) is 42.4 Å². The van der Waals surface area contributed by atoms with E-state index in [-0.39, 0.29) is 5.82 Å². The number of benzene rings is 1. The van der Waals surface area contributed by atoms with E-state index in [4.69, 9.17) is 0 Å². The van der Waals surface area contributed by atoms with E-state index in [1.165, 1.54) is 37.7 Å². The van der Waals surface area contributed by atoms with E-state index in [0.717, 1.165) is 5.92 Å². The molecular formula is C14H19F. The molecule has 0 amide bonds. The topological polar surface area (TPSA) is 0 Å². The predicted molar refractivity (Wildman–Crippen MR) is 61.4 cm³/mol. The molecule has 0 aromatic heterocycles. The van der Waals surface area contributed by atoms with Gasteiger partial charge in [0, 0.05) is 0 Å². The first kappa shape index (κ1) is 10.7. The summed E-state index contributed by atoms with van der Waals surface area (Å²) in [7, 11) is 0. The molecular weight excluding hydrogens is 187 g/mol. The van der Waals surface area contributed by atoms with Crippen molar-refractivity contribution in [2.24, 2.45) is 5.92 Å². The van der Waals surface area contributed by atoms with Crippen molar-refractivity contribution in [2.75, 3.05) is 0 Å². The first-order valence-electron chi connectivity index (χ1n) is 6.05. The van der Waals surface area contributed by atoms with Crippen molar-refractivity contribution in [3.8, 4) is 0 Å². The van der Waals surface area contributed by atoms with Crippen LogP contribution >= 0.6 is 0 Å². The standard InChI is InChI=1S/C14H19F/c1-2-11-4-3-5-13(10-11)12-6-8-14(15)9-7-12/h6-9,11,13H,2-5,10H2,1H3. The Kier molecular flexibility index (Phi) is 3.40. The molecule has 0 nitrogen and oxygen atoms in total. The van der Waals surface area contributed by atoms with Crippen LogP contribution in [0.1, 0.15) is 50.5 Å². The molecule has 0 saturated heterocycles. The van der Waals surface area contributed by atoms with E-state index in [9.17, 15) is 4.39 Å². The third-order valence-corrected chi connectivity index (χ3v) is 3.70. The molecule has 1 fully saturated rings. The Morgan fingerprint density at radius 3 is 2.60 bits per heavy atom. The quantitative estimate of drug-likeness (QED) is 0.668. The van der Waals surface area contributed by atoms with Crippen LogP contribution in [0.25, 0.3) is 0 Å². The first-order chi connectivity index (χ1) is 7.29. The average Bonchev–Trinajstić information content (AvgIpc) is 2.30. The van der Waals surface area contributed by atoms with Gasteiger partial charge >= 0.3 is 0 Å². The lowest BCUT2D eigenvalue weighted by molar-refractivity contribution is 0.314. The Balaban J connectivity index is 2.06. The van der Waals surface area contributed by atoms with E-state index >= 15 is 0 Å². The van der Waals surface area contributed by atoms with Crippen LogP contribution in [-0.2, 0) is 0 Å². The van der Waals surface area contributed by atoms with E-state index < -0.39 is 0 Å². The fourth-order valence-electron chi connectivity index (χ4n) is 2.70. The molecule has 0 radical (unpaired) electrons. The Hall–Kier alpha value is -0.850. The third-order valence-electron chi connectivity index (χ3n) is 3.70. The van der Waals surface area contributed by atoms with Crippen molar-refractivity contribution in [3.63, 3.8) is 0 Å². The molecule has 2 rings (SSSR count). The monoisotopic (exact) mass is 206 g/mol. The summed E-state index contributed by atoms with van der Waals surface area (Å²) in [4.78, 5) is 0. The zero-order valence-corrected chi connectivity index (χ0v) is 9.38. The van der Waals surface area contributed by atoms with E-state index in [1.54, 1.807) is 12.1 Å². The molecule has 0 spiro atoms. The number of rotatable bonds is 2. The Morgan fingerprint density at radius 2 is 1.93 bits per heavy atom. The molecule has 1 heteroatoms. The fourth-order valence-corrected chi connectivity index (χ4v) is 2.70. The molecule has 2 atom stereocenters. The first-order valence-corrected chi connectivity index (χ1v) is 6.05. The largest absolute Gasteiger partial charge is 0.207 e. The summed E-state index contributed by atoms with van der Waals surface area (Å²) in [6.07, 6.45) is 6.58. The SMILES string of the molecule is CCC1CCCC(c2ccc(F)cc2)C1. The summed E-state index contributed by atoms with van der Waals surface area (Å²) < 4.78 is 12.8. The van der Waals surface area contributed by atoms with Crippen LogP contribution in [0, 0.1) is 11.7 Å². The molecule has 1 aromatic carbocycles. The van der Waals surface area contributed by atoms with Crippen molar-refractivity contribution < 1.29 is 4.39 Å². The third kappa shape index (κ3) is 2.58. The summed E-state index contributed by atoms with van der Waals surface area (Å²) in [5, 5.41) is 0. The minimum atomic E-state index is -0.124. The number of hydrogen-bond donors (Lipinski definition) is 0. The van der Waals surface area contributed by atoms with Gasteiger partial charge in [-0.15, -0.1) is 0 Å². The second-order valence-electron chi connectivity index (χ2n) is 4.69. The lowest BCUT2D eigenvalue weighted by atomic mass is 9.77. The Bertz CT molecular complexity index is 302. The van der Waals surface area contributed by atoms with Crippen LogP contribution in [0.5, 0.6) is 0 Å². The highest BCUT2D eigenvalue weighted by molar-refractivity contribution is 5.20. The summed E-state index contributed by atoms with van der Waals surface area (Å²) in [5.74, 6) is 1.43. The smallest absolute Gasteiger partial charge is 0.123 e. The van der Waals surface area contributed by atoms with Crippen molar-refractivity contribution in [3.05, 3.63) is 35.6 Å². The Morgan fingerprint density at radius 1 is 1.20 bits per heavy atom. The van der Waals surface area contributed by atoms with Crippen LogP contribution in [0.3, 0.4) is 0 Å². The van der Waals surface area contributed by atoms with Crippen LogP contribution in [0.4, 0.5) is 4.39 Å². The molecule has 0 bridgehead atoms. The van der Waals surface area contributed by atoms with Gasteiger partial charge in [0.25, 0.3) is 0 Å². The van der Waals surface area contributed by atoms with Gasteiger partial charge in [0.1, 0.15) is 5.82 Å². The fraction of sp³-hybridized carbons (Fsp3) is 0.571. The van der Waals surface area contributed by atoms with Gasteiger partial charge in [0.2, 0.25) is 0 Å². The molecule has 1 aliphatic rings. The summed E-state index contributed by atoms with van der Waals surface area (Å²) in [5.41, 5.74) is 1.33. The van der Waals surface area contributed by atoms with E-state index in [1.807, 2.05) is 12.1 Å². The van der Waals surface area contributed by atoms with Gasteiger partial charge in [-0.25, -0.2) is 4.39 Å². The van der Waals surface area contributed by atoms with Gasteiger partial charge in [-0.3, -0.25) is 0 Å². The van der Waals surface area contributed by atoms with Crippen LogP contribution in [-0.4, -0.2) is 0 Å². The highest BCUT2D eigenvalue weighted by atomic mass is 19.1. The maximum absolute atomic E-state index is 12.8. The lowest BCUT2D eigenvalue weighted by Gasteiger charge is -2.28. The second-order valence-corrected chi connectivity index (χ2v) is 4.69. The average molecular weight is 206 g/mol. The highest BCUT2D eigenvalue weighted by Gasteiger charge is 2.21. The summed E-state index contributed by atoms with van der Waals surface area (Å²) >= 11 is 0. The van der Waals surface area contributed by atoms with Crippen LogP contribution < -0.4 is 0 Å². The molecule has 0 aliphatic heterocycles. The minimum Gasteiger partial charge on any atom is -0.207 e. The summed E-state index contributed by atoms with van der Waals surface area (Å²) in [6, 6.07) is 7.09. The number of halogens is 1. The molecule has 1 aliphatic carbocycles. The van der Waals surface area contributed by atoms with Gasteiger partial charge in [0.15, 0.2) is 0 Å². The highest BCUT2D eigenvalue weighted by Crippen LogP contribution is 2.37. The van der Waals surface area contributed by atoms with Crippen molar-refractivity contribution in [1.82, 2.24) is 0 Å². The van der Waals surface area contributed by atoms with Gasteiger partial charge in [-0.1, -0.05) is 38.3 Å². The molecule has 0 N–H and O–H groups in total. The van der Waals surface area contributed by atoms with E-state index in [0.29, 0.717) is 5.92 Å². The lowest BCUT2D eigenvalue weighted by Crippen LogP contribution is -2.13. The zero-order valence-electron chi connectivity index (χ0n) is 9.38. The maximum atomic E-state index is 12.8. The normalized spacial score (nSPS) is 26.5. The van der Waals surface area contributed by atoms with Gasteiger partial charge < -0.3 is 0 Å². The number of hydrogen-bond acceptors (Lipinski definition) is 0. The summed E-state index contributed by atoms with van der Waals surface area (Å²) in [6.45, 7) is 2.28. The Labute approximate surface area is 91.5 Å². The predicted octanol–water partition coefficient (Wildman–Crippen LogP) is 4.51. The molecule has 2 unspecified atom stereocenters. The van der Waals surface area contributed by atoms with Crippen molar-refractivity contribution >= 4 is 0 Å². The van der Waals surface area contributed by atoms with Gasteiger partial charge in [-0.2, -0.15) is 0 Å². The van der Waals surface area contributed by atoms with Gasteiger partial charge in [0.05, 0.1) is 0 Å². The van der Waals surface area contributed by atoms with Crippen LogP contribution in [0.2, 0.25) is 0 Å². The molecule has 1 saturated carbocycles. The van der Waals surface area contributed by atoms with Crippen LogP contribution in [0.15, 0.2) is 24.3 Å². The second kappa shape index (κ2) is 4.78. The molecule has 82 valence electrons. The molecule has 1 aromatic rings. The minimum absolute atomic E-state index is 0.124. The molecule has 15 heavy (non-hydrogen) atoms.